The highest BCUT2D eigenvalue weighted by atomic mass is 19.4. The molecule has 1 heterocycles. The van der Waals surface area contributed by atoms with E-state index in [9.17, 15) is 18.0 Å². The molecule has 0 bridgehead atoms. The van der Waals surface area contributed by atoms with Crippen molar-refractivity contribution in [3.63, 3.8) is 0 Å². The topological polar surface area (TPSA) is 59.8 Å². The second-order valence-corrected chi connectivity index (χ2v) is 4.41. The molecule has 0 atom stereocenters. The number of alkyl halides is 3. The number of aromatic nitrogens is 3. The number of hydrogen-bond acceptors (Lipinski definition) is 3. The fourth-order valence-corrected chi connectivity index (χ4v) is 1.84. The summed E-state index contributed by atoms with van der Waals surface area (Å²) in [5, 5.41) is 9.68. The molecule has 0 saturated heterocycles. The molecule has 1 N–H and O–H groups in total. The Labute approximate surface area is 124 Å². The lowest BCUT2D eigenvalue weighted by molar-refractivity contribution is -0.141. The van der Waals surface area contributed by atoms with Crippen LogP contribution in [0.25, 0.3) is 5.69 Å². The Kier molecular flexibility index (Phi) is 4.30. The third-order valence-electron chi connectivity index (χ3n) is 2.91. The summed E-state index contributed by atoms with van der Waals surface area (Å²) in [4.78, 5) is 12.2. The Hall–Kier alpha value is -2.64. The zero-order chi connectivity index (χ0) is 16.3. The number of aryl methyl sites for hydroxylation is 1. The molecule has 0 aliphatic carbocycles. The number of benzene rings is 1. The van der Waals surface area contributed by atoms with Crippen LogP contribution in [0.2, 0.25) is 0 Å². The number of rotatable bonds is 4. The summed E-state index contributed by atoms with van der Waals surface area (Å²) < 4.78 is 37.7. The Balaban J connectivity index is 2.37. The van der Waals surface area contributed by atoms with Gasteiger partial charge in [0, 0.05) is 5.69 Å². The highest BCUT2D eigenvalue weighted by Crippen LogP contribution is 2.27. The third kappa shape index (κ3) is 3.33. The van der Waals surface area contributed by atoms with E-state index in [0.717, 1.165) is 10.9 Å². The average molecular weight is 310 g/mol. The summed E-state index contributed by atoms with van der Waals surface area (Å²) in [6, 6.07) is 4.78. The minimum Gasteiger partial charge on any atom is -0.323 e. The highest BCUT2D eigenvalue weighted by Gasteiger charge is 2.34. The van der Waals surface area contributed by atoms with Crippen molar-refractivity contribution in [3.05, 3.63) is 48.3 Å². The second-order valence-electron chi connectivity index (χ2n) is 4.41. The molecule has 2 rings (SSSR count). The van der Waals surface area contributed by atoms with Gasteiger partial charge in [-0.3, -0.25) is 4.79 Å². The van der Waals surface area contributed by atoms with Crippen LogP contribution in [0.1, 0.15) is 18.2 Å². The summed E-state index contributed by atoms with van der Waals surface area (Å²) in [5.41, 5.74) is 0.591. The van der Waals surface area contributed by atoms with E-state index < -0.39 is 11.9 Å². The number of nitrogens with zero attached hydrogens (tertiary/aromatic N) is 3. The van der Waals surface area contributed by atoms with Gasteiger partial charge < -0.3 is 5.32 Å². The van der Waals surface area contributed by atoms with Crippen LogP contribution in [0.3, 0.4) is 0 Å². The van der Waals surface area contributed by atoms with Gasteiger partial charge in [-0.1, -0.05) is 13.5 Å². The van der Waals surface area contributed by atoms with E-state index in [1.54, 1.807) is 18.2 Å². The predicted octanol–water partition coefficient (Wildman–Crippen LogP) is 2.97. The van der Waals surface area contributed by atoms with E-state index in [4.69, 9.17) is 0 Å². The Morgan fingerprint density at radius 1 is 1.45 bits per heavy atom. The van der Waals surface area contributed by atoms with Gasteiger partial charge >= 0.3 is 6.18 Å². The molecule has 0 spiro atoms. The smallest absolute Gasteiger partial charge is 0.323 e. The molecule has 1 aromatic carbocycles. The Morgan fingerprint density at radius 3 is 2.73 bits per heavy atom. The van der Waals surface area contributed by atoms with Crippen molar-refractivity contribution in [2.75, 3.05) is 5.32 Å². The van der Waals surface area contributed by atoms with Gasteiger partial charge in [0.1, 0.15) is 0 Å². The fourth-order valence-electron chi connectivity index (χ4n) is 1.84. The molecule has 5 nitrogen and oxygen atoms in total. The molecule has 116 valence electrons. The third-order valence-corrected chi connectivity index (χ3v) is 2.91. The minimum atomic E-state index is -4.54. The molecule has 0 aliphatic heterocycles. The van der Waals surface area contributed by atoms with Gasteiger partial charge in [-0.05, 0) is 36.3 Å². The largest absolute Gasteiger partial charge is 0.436 e. The number of carbonyl (C=O) groups excluding carboxylic acids is 1. The maximum atomic E-state index is 12.6. The molecule has 8 heteroatoms. The van der Waals surface area contributed by atoms with Crippen LogP contribution in [0.4, 0.5) is 18.9 Å². The van der Waals surface area contributed by atoms with Crippen molar-refractivity contribution >= 4 is 11.6 Å². The molecule has 0 unspecified atom stereocenters. The lowest BCUT2D eigenvalue weighted by atomic mass is 10.1. The first kappa shape index (κ1) is 15.7. The monoisotopic (exact) mass is 310 g/mol. The van der Waals surface area contributed by atoms with Crippen LogP contribution >= 0.6 is 0 Å². The standard InChI is InChI=1S/C14H13F3N4O/c1-3-9-7-10(19-13(22)4-2)5-6-11(9)21-18-8-12(20-21)14(15,16)17/h4-8H,2-3H2,1H3,(H,19,22). The zero-order valence-electron chi connectivity index (χ0n) is 11.7. The van der Waals surface area contributed by atoms with E-state index in [0.29, 0.717) is 29.6 Å². The van der Waals surface area contributed by atoms with Gasteiger partial charge in [0.2, 0.25) is 5.91 Å². The molecule has 1 amide bonds. The van der Waals surface area contributed by atoms with E-state index in [-0.39, 0.29) is 5.91 Å². The number of nitrogens with one attached hydrogen (secondary N) is 1. The summed E-state index contributed by atoms with van der Waals surface area (Å²) in [6.07, 6.45) is -2.20. The van der Waals surface area contributed by atoms with Gasteiger partial charge in [-0.25, -0.2) is 0 Å². The van der Waals surface area contributed by atoms with Gasteiger partial charge in [0.15, 0.2) is 5.69 Å². The van der Waals surface area contributed by atoms with Crippen LogP contribution in [-0.2, 0) is 17.4 Å². The van der Waals surface area contributed by atoms with Gasteiger partial charge in [-0.2, -0.15) is 23.1 Å². The van der Waals surface area contributed by atoms with Crippen LogP contribution in [0.5, 0.6) is 0 Å². The van der Waals surface area contributed by atoms with Crippen molar-refractivity contribution < 1.29 is 18.0 Å². The van der Waals surface area contributed by atoms with Crippen molar-refractivity contribution in [2.24, 2.45) is 0 Å². The van der Waals surface area contributed by atoms with Gasteiger partial charge in [-0.15, -0.1) is 5.10 Å². The molecule has 0 radical (unpaired) electrons. The van der Waals surface area contributed by atoms with Gasteiger partial charge in [0.05, 0.1) is 11.9 Å². The minimum absolute atomic E-state index is 0.369. The summed E-state index contributed by atoms with van der Waals surface area (Å²) in [6.45, 7) is 5.19. The maximum absolute atomic E-state index is 12.6. The zero-order valence-corrected chi connectivity index (χ0v) is 11.7. The summed E-state index contributed by atoms with van der Waals surface area (Å²) >= 11 is 0. The molecule has 0 fully saturated rings. The Bertz CT molecular complexity index is 706. The van der Waals surface area contributed by atoms with Crippen molar-refractivity contribution in [1.29, 1.82) is 0 Å². The molecule has 0 saturated carbocycles. The van der Waals surface area contributed by atoms with Crippen molar-refractivity contribution in [1.82, 2.24) is 15.0 Å². The number of amides is 1. The van der Waals surface area contributed by atoms with Crippen LogP contribution in [0, 0.1) is 0 Å². The second kappa shape index (κ2) is 6.00. The SMILES string of the molecule is C=CC(=O)Nc1ccc(-n2ncc(C(F)(F)F)n2)c(CC)c1. The van der Waals surface area contributed by atoms with E-state index >= 15 is 0 Å². The quantitative estimate of drug-likeness (QED) is 0.883. The maximum Gasteiger partial charge on any atom is 0.436 e. The van der Waals surface area contributed by atoms with E-state index in [1.165, 1.54) is 0 Å². The predicted molar refractivity (Wildman–Crippen MR) is 74.6 cm³/mol. The first-order chi connectivity index (χ1) is 10.3. The number of hydrogen-bond donors (Lipinski definition) is 1. The van der Waals surface area contributed by atoms with E-state index in [2.05, 4.69) is 22.1 Å². The normalized spacial score (nSPS) is 11.3. The Morgan fingerprint density at radius 2 is 2.18 bits per heavy atom. The van der Waals surface area contributed by atoms with Crippen LogP contribution in [-0.4, -0.2) is 20.9 Å². The number of anilines is 1. The van der Waals surface area contributed by atoms with Crippen LogP contribution < -0.4 is 5.32 Å². The van der Waals surface area contributed by atoms with Crippen molar-refractivity contribution in [2.45, 2.75) is 19.5 Å². The molecule has 22 heavy (non-hydrogen) atoms. The van der Waals surface area contributed by atoms with Crippen LogP contribution in [0.15, 0.2) is 37.1 Å². The molecule has 2 aromatic rings. The molecule has 1 aromatic heterocycles. The summed E-state index contributed by atoms with van der Waals surface area (Å²) in [7, 11) is 0. The van der Waals surface area contributed by atoms with Gasteiger partial charge in [0.25, 0.3) is 0 Å². The first-order valence-electron chi connectivity index (χ1n) is 6.41. The first-order valence-corrected chi connectivity index (χ1v) is 6.41. The summed E-state index contributed by atoms with van der Waals surface area (Å²) in [5.74, 6) is -0.369. The highest BCUT2D eigenvalue weighted by molar-refractivity contribution is 5.98. The average Bonchev–Trinajstić information content (AvgIpc) is 2.96. The lowest BCUT2D eigenvalue weighted by Crippen LogP contribution is -2.10. The van der Waals surface area contributed by atoms with Crippen molar-refractivity contribution in [3.8, 4) is 5.69 Å². The molecular formula is C14H13F3N4O. The number of carbonyl (C=O) groups is 1. The van der Waals surface area contributed by atoms with E-state index in [1.807, 2.05) is 6.92 Å². The number of halogens is 3. The molecular weight excluding hydrogens is 297 g/mol. The molecule has 0 aliphatic rings. The fraction of sp³-hybridized carbons (Fsp3) is 0.214. The lowest BCUT2D eigenvalue weighted by Gasteiger charge is -2.10.